The third-order valence-corrected chi connectivity index (χ3v) is 10.1. The number of carbonyl (C=O) groups is 3. The molecular formula is C33H43FN4O6. The number of piperidine rings is 1. The number of pyridine rings is 1. The van der Waals surface area contributed by atoms with Crippen molar-refractivity contribution in [3.05, 3.63) is 58.3 Å². The van der Waals surface area contributed by atoms with Crippen LogP contribution in [0.5, 0.6) is 0 Å². The number of aliphatic hydroxyl groups is 1. The van der Waals surface area contributed by atoms with Gasteiger partial charge in [-0.2, -0.15) is 0 Å². The summed E-state index contributed by atoms with van der Waals surface area (Å²) in [5, 5.41) is 21.3. The third-order valence-electron chi connectivity index (χ3n) is 10.1. The number of amides is 3. The van der Waals surface area contributed by atoms with Crippen molar-refractivity contribution >= 4 is 17.9 Å². The number of carboxylic acid groups (broad SMARTS) is 1. The molecule has 0 spiro atoms. The van der Waals surface area contributed by atoms with Gasteiger partial charge in [-0.15, -0.1) is 0 Å². The summed E-state index contributed by atoms with van der Waals surface area (Å²) in [6.07, 6.45) is 5.05. The fraction of sp³-hybridized carbons (Fsp3) is 0.576. The molecule has 11 heteroatoms. The molecule has 238 valence electrons. The van der Waals surface area contributed by atoms with Gasteiger partial charge in [-0.05, 0) is 24.8 Å². The Bertz CT molecular complexity index is 1480. The van der Waals surface area contributed by atoms with E-state index in [1.807, 2.05) is 25.7 Å². The fourth-order valence-electron chi connectivity index (χ4n) is 6.81. The van der Waals surface area contributed by atoms with Gasteiger partial charge in [0, 0.05) is 74.0 Å². The lowest BCUT2D eigenvalue weighted by Gasteiger charge is -2.51. The van der Waals surface area contributed by atoms with Crippen molar-refractivity contribution in [3.63, 3.8) is 0 Å². The van der Waals surface area contributed by atoms with Gasteiger partial charge in [0.1, 0.15) is 5.82 Å². The van der Waals surface area contributed by atoms with Gasteiger partial charge in [0.2, 0.25) is 5.91 Å². The highest BCUT2D eigenvalue weighted by Gasteiger charge is 2.49. The Hall–Kier alpha value is -3.73. The van der Waals surface area contributed by atoms with Gasteiger partial charge in [-0.3, -0.25) is 14.4 Å². The van der Waals surface area contributed by atoms with E-state index in [1.165, 1.54) is 64.1 Å². The molecule has 0 bridgehead atoms. The first kappa shape index (κ1) is 31.7. The average Bonchev–Trinajstić information content (AvgIpc) is 2.97. The highest BCUT2D eigenvalue weighted by molar-refractivity contribution is 6.00. The van der Waals surface area contributed by atoms with Gasteiger partial charge < -0.3 is 29.5 Å². The number of hydrogen-bond acceptors (Lipinski definition) is 5. The number of nitrogens with zero attached hydrogens (tertiary/aromatic N) is 4. The Balaban J connectivity index is 1.41. The van der Waals surface area contributed by atoms with Crippen LogP contribution in [0.25, 0.3) is 11.1 Å². The van der Waals surface area contributed by atoms with Crippen LogP contribution in [0.3, 0.4) is 0 Å². The second-order valence-electron chi connectivity index (χ2n) is 13.5. The van der Waals surface area contributed by atoms with E-state index in [1.54, 1.807) is 6.07 Å². The van der Waals surface area contributed by atoms with Crippen molar-refractivity contribution in [3.8, 4) is 11.1 Å². The maximum Gasteiger partial charge on any atom is 0.407 e. The van der Waals surface area contributed by atoms with Crippen molar-refractivity contribution in [2.45, 2.75) is 65.0 Å². The van der Waals surface area contributed by atoms with Crippen LogP contribution < -0.4 is 5.56 Å². The summed E-state index contributed by atoms with van der Waals surface area (Å²) in [6, 6.07) is 7.14. The molecule has 2 N–H and O–H groups in total. The lowest BCUT2D eigenvalue weighted by atomic mass is 9.69. The van der Waals surface area contributed by atoms with E-state index in [-0.39, 0.29) is 67.7 Å². The largest absolute Gasteiger partial charge is 0.465 e. The number of rotatable bonds is 7. The summed E-state index contributed by atoms with van der Waals surface area (Å²) < 4.78 is 16.3. The Morgan fingerprint density at radius 2 is 1.66 bits per heavy atom. The molecule has 5 rings (SSSR count). The van der Waals surface area contributed by atoms with E-state index in [0.29, 0.717) is 19.0 Å². The number of halogens is 1. The quantitative estimate of drug-likeness (QED) is 0.490. The highest BCUT2D eigenvalue weighted by atomic mass is 19.1. The summed E-state index contributed by atoms with van der Waals surface area (Å²) >= 11 is 0. The van der Waals surface area contributed by atoms with Gasteiger partial charge in [0.05, 0.1) is 17.7 Å². The molecule has 44 heavy (non-hydrogen) atoms. The minimum atomic E-state index is -1.36. The molecule has 0 unspecified atom stereocenters. The maximum absolute atomic E-state index is 14.9. The molecule has 2 saturated heterocycles. The van der Waals surface area contributed by atoms with Crippen LogP contribution in [0.15, 0.2) is 41.3 Å². The minimum absolute atomic E-state index is 0.0817. The van der Waals surface area contributed by atoms with E-state index in [4.69, 9.17) is 0 Å². The van der Waals surface area contributed by atoms with Gasteiger partial charge in [0.25, 0.3) is 11.5 Å². The summed E-state index contributed by atoms with van der Waals surface area (Å²) in [5.74, 6) is -0.413. The average molecular weight is 611 g/mol. The molecule has 3 heterocycles. The normalized spacial score (nSPS) is 22.8. The SMILES string of the molecule is C[C@H](CC1CCC1)C(=O)N1CC[C@@](O)(Cn2cc(C(=O)N3CCN(C(=O)O)CC3)c(-c3ccccc3F)cc2=O)C(C)(C)C1. The number of piperazine rings is 1. The Kier molecular flexibility index (Phi) is 8.89. The van der Waals surface area contributed by atoms with Crippen molar-refractivity contribution in [2.75, 3.05) is 39.3 Å². The maximum atomic E-state index is 14.9. The molecule has 3 aliphatic rings. The Morgan fingerprint density at radius 3 is 2.25 bits per heavy atom. The third kappa shape index (κ3) is 6.24. The summed E-state index contributed by atoms with van der Waals surface area (Å²) in [6.45, 7) is 6.91. The topological polar surface area (TPSA) is 123 Å². The zero-order valence-electron chi connectivity index (χ0n) is 25.8. The molecule has 1 aliphatic carbocycles. The van der Waals surface area contributed by atoms with Crippen molar-refractivity contribution in [1.29, 1.82) is 0 Å². The molecule has 2 atom stereocenters. The molecular weight excluding hydrogens is 567 g/mol. The zero-order chi connectivity index (χ0) is 31.8. The van der Waals surface area contributed by atoms with Crippen LogP contribution in [0.1, 0.15) is 63.2 Å². The number of benzene rings is 1. The second kappa shape index (κ2) is 12.3. The number of carbonyl (C=O) groups excluding carboxylic acids is 2. The number of hydrogen-bond donors (Lipinski definition) is 2. The first-order valence-electron chi connectivity index (χ1n) is 15.6. The predicted octanol–water partition coefficient (Wildman–Crippen LogP) is 3.91. The molecule has 2 aliphatic heterocycles. The summed E-state index contributed by atoms with van der Waals surface area (Å²) in [5.41, 5.74) is -2.28. The van der Waals surface area contributed by atoms with Crippen molar-refractivity contribution < 1.29 is 29.0 Å². The summed E-state index contributed by atoms with van der Waals surface area (Å²) in [4.78, 5) is 56.6. The number of aromatic nitrogens is 1. The van der Waals surface area contributed by atoms with Gasteiger partial charge >= 0.3 is 6.09 Å². The van der Waals surface area contributed by atoms with E-state index in [2.05, 4.69) is 0 Å². The molecule has 2 aromatic rings. The lowest BCUT2D eigenvalue weighted by Crippen LogP contribution is -2.61. The smallest absolute Gasteiger partial charge is 0.407 e. The summed E-state index contributed by atoms with van der Waals surface area (Å²) in [7, 11) is 0. The van der Waals surface area contributed by atoms with Crippen molar-refractivity contribution in [2.24, 2.45) is 17.3 Å². The highest BCUT2D eigenvalue weighted by Crippen LogP contribution is 2.41. The van der Waals surface area contributed by atoms with Gasteiger partial charge in [-0.25, -0.2) is 9.18 Å². The molecule has 0 radical (unpaired) electrons. The van der Waals surface area contributed by atoms with Crippen LogP contribution in [0, 0.1) is 23.1 Å². The molecule has 3 fully saturated rings. The monoisotopic (exact) mass is 610 g/mol. The molecule has 1 aromatic heterocycles. The van der Waals surface area contributed by atoms with Gasteiger partial charge in [-0.1, -0.05) is 58.2 Å². The number of likely N-dealkylation sites (tertiary alicyclic amines) is 1. The van der Waals surface area contributed by atoms with E-state index in [0.717, 1.165) is 6.42 Å². The predicted molar refractivity (Wildman–Crippen MR) is 163 cm³/mol. The van der Waals surface area contributed by atoms with Crippen molar-refractivity contribution in [1.82, 2.24) is 19.3 Å². The van der Waals surface area contributed by atoms with E-state index >= 15 is 0 Å². The fourth-order valence-corrected chi connectivity index (χ4v) is 6.81. The minimum Gasteiger partial charge on any atom is -0.465 e. The van der Waals surface area contributed by atoms with Gasteiger partial charge in [0.15, 0.2) is 0 Å². The van der Waals surface area contributed by atoms with E-state index in [9.17, 15) is 33.8 Å². The Labute approximate surface area is 257 Å². The van der Waals surface area contributed by atoms with Crippen LogP contribution >= 0.6 is 0 Å². The van der Waals surface area contributed by atoms with Crippen LogP contribution in [0.2, 0.25) is 0 Å². The Morgan fingerprint density at radius 1 is 1.00 bits per heavy atom. The first-order chi connectivity index (χ1) is 20.8. The first-order valence-corrected chi connectivity index (χ1v) is 15.6. The second-order valence-corrected chi connectivity index (χ2v) is 13.5. The molecule has 1 aromatic carbocycles. The molecule has 3 amide bonds. The molecule has 10 nitrogen and oxygen atoms in total. The standard InChI is InChI=1S/C33H43FN4O6/c1-22(17-23-7-6-8-23)29(40)37-12-11-33(44,32(2,3)20-37)21-38-19-26(30(41)35-13-15-36(16-14-35)31(42)43)25(18-28(38)39)24-9-4-5-10-27(24)34/h4-5,9-10,18-19,22-23,44H,6-8,11-17,20-21H2,1-3H3,(H,42,43)/t22-,33-/m1/s1. The zero-order valence-corrected chi connectivity index (χ0v) is 25.8. The molecule has 1 saturated carbocycles. The van der Waals surface area contributed by atoms with E-state index < -0.39 is 34.4 Å². The van der Waals surface area contributed by atoms with Crippen LogP contribution in [-0.2, 0) is 11.3 Å². The van der Waals surface area contributed by atoms with Crippen LogP contribution in [-0.4, -0.2) is 92.3 Å². The lowest BCUT2D eigenvalue weighted by molar-refractivity contribution is -0.157. The van der Waals surface area contributed by atoms with Crippen LogP contribution in [0.4, 0.5) is 9.18 Å².